The Kier molecular flexibility index (Phi) is 9.20. The van der Waals surface area contributed by atoms with E-state index in [9.17, 15) is 9.59 Å². The number of amides is 1. The van der Waals surface area contributed by atoms with Gasteiger partial charge in [-0.2, -0.15) is 0 Å². The number of benzene rings is 1. The predicted molar refractivity (Wildman–Crippen MR) is 90.4 cm³/mol. The van der Waals surface area contributed by atoms with Crippen LogP contribution in [0.5, 0.6) is 5.75 Å². The molecule has 23 heavy (non-hydrogen) atoms. The molecule has 0 radical (unpaired) electrons. The number of carbonyl (C=O) groups is 2. The van der Waals surface area contributed by atoms with Gasteiger partial charge in [0.05, 0.1) is 7.11 Å². The first-order chi connectivity index (χ1) is 11.1. The van der Waals surface area contributed by atoms with Gasteiger partial charge in [-0.15, -0.1) is 0 Å². The Hall–Kier alpha value is -2.30. The van der Waals surface area contributed by atoms with E-state index in [-0.39, 0.29) is 12.3 Å². The largest absolute Gasteiger partial charge is 0.496 e. The Labute approximate surface area is 137 Å². The summed E-state index contributed by atoms with van der Waals surface area (Å²) in [4.78, 5) is 22.1. The number of methoxy groups -OCH3 is 1. The molecule has 0 saturated heterocycles. The van der Waals surface area contributed by atoms with E-state index < -0.39 is 5.97 Å². The number of hydrogen-bond donors (Lipinski definition) is 2. The molecule has 0 atom stereocenters. The summed E-state index contributed by atoms with van der Waals surface area (Å²) < 4.78 is 5.22. The normalized spacial score (nSPS) is 10.7. The van der Waals surface area contributed by atoms with E-state index in [1.165, 1.54) is 6.08 Å². The number of carboxylic acids is 1. The summed E-state index contributed by atoms with van der Waals surface area (Å²) in [7, 11) is 1.60. The number of carbonyl (C=O) groups excluding carboxylic acids is 1. The first kappa shape index (κ1) is 18.7. The minimum absolute atomic E-state index is 0.123. The van der Waals surface area contributed by atoms with E-state index in [2.05, 4.69) is 5.32 Å². The van der Waals surface area contributed by atoms with Crippen LogP contribution < -0.4 is 10.1 Å². The molecule has 1 aromatic carbocycles. The monoisotopic (exact) mass is 319 g/mol. The van der Waals surface area contributed by atoms with Crippen LogP contribution in [0.25, 0.3) is 6.08 Å². The summed E-state index contributed by atoms with van der Waals surface area (Å²) in [6, 6.07) is 7.51. The number of aliphatic carboxylic acids is 1. The first-order valence-electron chi connectivity index (χ1n) is 7.94. The third-order valence-electron chi connectivity index (χ3n) is 3.42. The Bertz CT molecular complexity index is 526. The lowest BCUT2D eigenvalue weighted by Gasteiger charge is -2.04. The van der Waals surface area contributed by atoms with Gasteiger partial charge < -0.3 is 15.2 Å². The van der Waals surface area contributed by atoms with Crippen LogP contribution in [0.2, 0.25) is 0 Å². The molecule has 0 spiro atoms. The smallest absolute Gasteiger partial charge is 0.303 e. The van der Waals surface area contributed by atoms with E-state index in [1.54, 1.807) is 13.2 Å². The third kappa shape index (κ3) is 8.66. The highest BCUT2D eigenvalue weighted by Crippen LogP contribution is 2.18. The summed E-state index contributed by atoms with van der Waals surface area (Å²) in [5, 5.41) is 11.4. The second kappa shape index (κ2) is 11.3. The summed E-state index contributed by atoms with van der Waals surface area (Å²) in [6.07, 6.45) is 8.03. The van der Waals surface area contributed by atoms with Crippen LogP contribution in [-0.4, -0.2) is 30.6 Å². The zero-order valence-electron chi connectivity index (χ0n) is 13.6. The van der Waals surface area contributed by atoms with Gasteiger partial charge >= 0.3 is 5.97 Å². The summed E-state index contributed by atoms with van der Waals surface area (Å²) in [6.45, 7) is 0.633. The number of ether oxygens (including phenoxy) is 1. The Morgan fingerprint density at radius 3 is 2.57 bits per heavy atom. The number of hydrogen-bond acceptors (Lipinski definition) is 3. The van der Waals surface area contributed by atoms with Crippen molar-refractivity contribution in [1.29, 1.82) is 0 Å². The van der Waals surface area contributed by atoms with E-state index in [4.69, 9.17) is 9.84 Å². The van der Waals surface area contributed by atoms with Crippen LogP contribution >= 0.6 is 0 Å². The lowest BCUT2D eigenvalue weighted by molar-refractivity contribution is -0.137. The highest BCUT2D eigenvalue weighted by atomic mass is 16.5. The number of unbranched alkanes of at least 4 members (excludes halogenated alkanes) is 4. The zero-order valence-corrected chi connectivity index (χ0v) is 13.6. The number of rotatable bonds is 11. The van der Waals surface area contributed by atoms with Crippen molar-refractivity contribution >= 4 is 18.0 Å². The quantitative estimate of drug-likeness (QED) is 0.485. The number of carboxylic acid groups (broad SMARTS) is 1. The van der Waals surface area contributed by atoms with Crippen LogP contribution in [0, 0.1) is 0 Å². The molecular formula is C18H25NO4. The van der Waals surface area contributed by atoms with E-state index in [1.807, 2.05) is 24.3 Å². The van der Waals surface area contributed by atoms with Gasteiger partial charge in [-0.3, -0.25) is 9.59 Å². The van der Waals surface area contributed by atoms with Crippen molar-refractivity contribution in [3.05, 3.63) is 35.9 Å². The number of para-hydroxylation sites is 1. The fraction of sp³-hybridized carbons (Fsp3) is 0.444. The van der Waals surface area contributed by atoms with Crippen LogP contribution in [-0.2, 0) is 9.59 Å². The second-order valence-corrected chi connectivity index (χ2v) is 5.28. The molecule has 0 heterocycles. The van der Waals surface area contributed by atoms with Gasteiger partial charge in [0, 0.05) is 24.6 Å². The van der Waals surface area contributed by atoms with Crippen LogP contribution in [0.1, 0.15) is 44.1 Å². The van der Waals surface area contributed by atoms with Crippen molar-refractivity contribution in [2.45, 2.75) is 38.5 Å². The SMILES string of the molecule is COc1ccccc1/C=C/C(=O)NCCCCCCCC(=O)O. The molecule has 126 valence electrons. The second-order valence-electron chi connectivity index (χ2n) is 5.28. The molecular weight excluding hydrogens is 294 g/mol. The summed E-state index contributed by atoms with van der Waals surface area (Å²) in [5.41, 5.74) is 0.864. The molecule has 0 saturated carbocycles. The molecule has 0 bridgehead atoms. The molecule has 5 heteroatoms. The van der Waals surface area contributed by atoms with Crippen LogP contribution in [0.3, 0.4) is 0 Å². The zero-order chi connectivity index (χ0) is 16.9. The fourth-order valence-corrected chi connectivity index (χ4v) is 2.17. The maximum absolute atomic E-state index is 11.7. The van der Waals surface area contributed by atoms with Crippen molar-refractivity contribution in [1.82, 2.24) is 5.32 Å². The Balaban J connectivity index is 2.15. The maximum atomic E-state index is 11.7. The molecule has 5 nitrogen and oxygen atoms in total. The van der Waals surface area contributed by atoms with E-state index >= 15 is 0 Å². The lowest BCUT2D eigenvalue weighted by Crippen LogP contribution is -2.21. The maximum Gasteiger partial charge on any atom is 0.303 e. The minimum Gasteiger partial charge on any atom is -0.496 e. The van der Waals surface area contributed by atoms with Gasteiger partial charge in [-0.1, -0.05) is 37.5 Å². The van der Waals surface area contributed by atoms with Crippen molar-refractivity contribution in [3.63, 3.8) is 0 Å². The first-order valence-corrected chi connectivity index (χ1v) is 7.94. The topological polar surface area (TPSA) is 75.6 Å². The Morgan fingerprint density at radius 2 is 1.83 bits per heavy atom. The fourth-order valence-electron chi connectivity index (χ4n) is 2.17. The average Bonchev–Trinajstić information content (AvgIpc) is 2.55. The number of nitrogens with one attached hydrogen (secondary N) is 1. The van der Waals surface area contributed by atoms with Crippen LogP contribution in [0.15, 0.2) is 30.3 Å². The van der Waals surface area contributed by atoms with Gasteiger partial charge in [0.25, 0.3) is 0 Å². The van der Waals surface area contributed by atoms with Crippen molar-refractivity contribution in [2.75, 3.05) is 13.7 Å². The standard InChI is InChI=1S/C18H25NO4/c1-23-16-10-7-6-9-15(16)12-13-17(20)19-14-8-4-2-3-5-11-18(21)22/h6-7,9-10,12-13H,2-5,8,11,14H2,1H3,(H,19,20)(H,21,22)/b13-12+. The van der Waals surface area contributed by atoms with Crippen molar-refractivity contribution in [3.8, 4) is 5.75 Å². The van der Waals surface area contributed by atoms with Gasteiger partial charge in [-0.05, 0) is 25.0 Å². The molecule has 0 aromatic heterocycles. The van der Waals surface area contributed by atoms with Crippen molar-refractivity contribution in [2.24, 2.45) is 0 Å². The highest BCUT2D eigenvalue weighted by molar-refractivity contribution is 5.92. The molecule has 1 aromatic rings. The van der Waals surface area contributed by atoms with E-state index in [0.29, 0.717) is 6.54 Å². The van der Waals surface area contributed by atoms with Gasteiger partial charge in [-0.25, -0.2) is 0 Å². The van der Waals surface area contributed by atoms with Gasteiger partial charge in [0.2, 0.25) is 5.91 Å². The summed E-state index contributed by atoms with van der Waals surface area (Å²) in [5.74, 6) is -0.126. The molecule has 0 fully saturated rings. The molecule has 0 unspecified atom stereocenters. The molecule has 1 rings (SSSR count). The molecule has 0 aliphatic heterocycles. The van der Waals surface area contributed by atoms with Gasteiger partial charge in [0.15, 0.2) is 0 Å². The van der Waals surface area contributed by atoms with E-state index in [0.717, 1.165) is 43.4 Å². The molecule has 0 aliphatic carbocycles. The highest BCUT2D eigenvalue weighted by Gasteiger charge is 2.00. The molecule has 2 N–H and O–H groups in total. The lowest BCUT2D eigenvalue weighted by atomic mass is 10.1. The Morgan fingerprint density at radius 1 is 1.13 bits per heavy atom. The molecule has 1 amide bonds. The van der Waals surface area contributed by atoms with Crippen LogP contribution in [0.4, 0.5) is 0 Å². The van der Waals surface area contributed by atoms with Crippen molar-refractivity contribution < 1.29 is 19.4 Å². The average molecular weight is 319 g/mol. The minimum atomic E-state index is -0.737. The molecule has 0 aliphatic rings. The third-order valence-corrected chi connectivity index (χ3v) is 3.42. The predicted octanol–water partition coefficient (Wildman–Crippen LogP) is 3.25. The summed E-state index contributed by atoms with van der Waals surface area (Å²) >= 11 is 0. The van der Waals surface area contributed by atoms with Gasteiger partial charge in [0.1, 0.15) is 5.75 Å².